The zero-order valence-corrected chi connectivity index (χ0v) is 21.9. The van der Waals surface area contributed by atoms with Crippen molar-refractivity contribution in [2.24, 2.45) is 0 Å². The molecule has 1 fully saturated rings. The zero-order valence-electron chi connectivity index (χ0n) is 21.1. The average Bonchev–Trinajstić information content (AvgIpc) is 3.65. The van der Waals surface area contributed by atoms with Crippen LogP contribution in [-0.2, 0) is 4.74 Å². The third-order valence-corrected chi connectivity index (χ3v) is 7.85. The molecule has 2 aromatic heterocycles. The second-order valence-electron chi connectivity index (χ2n) is 9.40. The smallest absolute Gasteiger partial charge is 0.265 e. The number of hydrogen-bond donors (Lipinski definition) is 2. The number of fused-ring (bicyclic) bond motifs is 1. The van der Waals surface area contributed by atoms with Crippen LogP contribution >= 0.6 is 11.3 Å². The fourth-order valence-electron chi connectivity index (χ4n) is 4.87. The van der Waals surface area contributed by atoms with Gasteiger partial charge in [0.25, 0.3) is 5.91 Å². The van der Waals surface area contributed by atoms with Gasteiger partial charge < -0.3 is 20.3 Å². The van der Waals surface area contributed by atoms with Crippen molar-refractivity contribution in [2.45, 2.75) is 18.9 Å². The summed E-state index contributed by atoms with van der Waals surface area (Å²) in [5.41, 5.74) is 6.00. The highest BCUT2D eigenvalue weighted by atomic mass is 32.1. The second kappa shape index (κ2) is 10.7. The molecule has 3 heterocycles. The molecule has 0 radical (unpaired) electrons. The maximum absolute atomic E-state index is 12.3. The molecule has 8 heteroatoms. The molecule has 3 aromatic carbocycles. The number of aromatic nitrogens is 2. The Morgan fingerprint density at radius 3 is 2.34 bits per heavy atom. The van der Waals surface area contributed by atoms with Crippen LogP contribution in [0.5, 0.6) is 0 Å². The van der Waals surface area contributed by atoms with Gasteiger partial charge in [-0.25, -0.2) is 4.68 Å². The third kappa shape index (κ3) is 5.14. The summed E-state index contributed by atoms with van der Waals surface area (Å²) in [4.78, 5) is 15.4. The van der Waals surface area contributed by atoms with Crippen molar-refractivity contribution in [2.75, 3.05) is 35.7 Å². The number of amides is 1. The molecule has 38 heavy (non-hydrogen) atoms. The molecule has 1 aliphatic rings. The van der Waals surface area contributed by atoms with Crippen LogP contribution in [-0.4, -0.2) is 42.0 Å². The summed E-state index contributed by atoms with van der Waals surface area (Å²) in [6, 6.07) is 26.3. The van der Waals surface area contributed by atoms with Crippen LogP contribution in [0.3, 0.4) is 0 Å². The first kappa shape index (κ1) is 24.2. The molecule has 0 spiro atoms. The molecule has 0 atom stereocenters. The molecule has 0 bridgehead atoms. The van der Waals surface area contributed by atoms with Crippen LogP contribution in [0.4, 0.5) is 22.7 Å². The summed E-state index contributed by atoms with van der Waals surface area (Å²) < 4.78 is 7.40. The van der Waals surface area contributed by atoms with Gasteiger partial charge in [0.05, 0.1) is 28.4 Å². The summed E-state index contributed by atoms with van der Waals surface area (Å²) in [6.45, 7) is 2.05. The molecule has 7 nitrogen and oxygen atoms in total. The molecule has 0 saturated carbocycles. The van der Waals surface area contributed by atoms with Crippen molar-refractivity contribution in [3.8, 4) is 5.69 Å². The number of anilines is 4. The van der Waals surface area contributed by atoms with Crippen molar-refractivity contribution in [3.05, 3.63) is 95.3 Å². The standard InChI is InChI=1S/C30H29N5O2S/c1-37-27-14-16-34(17-15-27)25-9-4-22(5-10-25)32-24-8-13-28-21(19-24)20-31-35(28)26-11-6-23(7-12-26)33-30(36)29-3-2-18-38-29/h2-13,18-20,27,32H,14-17H2,1H3,(H,33,36). The molecule has 0 aliphatic carbocycles. The van der Waals surface area contributed by atoms with E-state index in [4.69, 9.17) is 4.74 Å². The summed E-state index contributed by atoms with van der Waals surface area (Å²) in [6.07, 6.45) is 4.40. The predicted octanol–water partition coefficient (Wildman–Crippen LogP) is 6.70. The lowest BCUT2D eigenvalue weighted by molar-refractivity contribution is 0.0819. The number of hydrogen-bond acceptors (Lipinski definition) is 6. The molecule has 192 valence electrons. The first-order chi connectivity index (χ1) is 18.7. The number of nitrogens with zero attached hydrogens (tertiary/aromatic N) is 3. The van der Waals surface area contributed by atoms with Crippen LogP contribution in [0, 0.1) is 0 Å². The highest BCUT2D eigenvalue weighted by Crippen LogP contribution is 2.27. The van der Waals surface area contributed by atoms with Gasteiger partial charge >= 0.3 is 0 Å². The van der Waals surface area contributed by atoms with E-state index in [1.165, 1.54) is 17.0 Å². The lowest BCUT2D eigenvalue weighted by atomic mass is 10.1. The Morgan fingerprint density at radius 2 is 1.63 bits per heavy atom. The minimum Gasteiger partial charge on any atom is -0.381 e. The quantitative estimate of drug-likeness (QED) is 0.248. The number of rotatable bonds is 7. The maximum atomic E-state index is 12.3. The molecule has 6 rings (SSSR count). The van der Waals surface area contributed by atoms with E-state index in [0.717, 1.165) is 59.6 Å². The number of ether oxygens (including phenoxy) is 1. The van der Waals surface area contributed by atoms with Crippen LogP contribution < -0.4 is 15.5 Å². The Morgan fingerprint density at radius 1 is 0.921 bits per heavy atom. The monoisotopic (exact) mass is 523 g/mol. The van der Waals surface area contributed by atoms with Crippen molar-refractivity contribution < 1.29 is 9.53 Å². The number of piperidine rings is 1. The Hall–Kier alpha value is -4.14. The fourth-order valence-corrected chi connectivity index (χ4v) is 5.49. The summed E-state index contributed by atoms with van der Waals surface area (Å²) >= 11 is 1.42. The van der Waals surface area contributed by atoms with E-state index in [2.05, 4.69) is 63.1 Å². The van der Waals surface area contributed by atoms with Gasteiger partial charge in [0.15, 0.2) is 0 Å². The minimum absolute atomic E-state index is 0.0985. The third-order valence-electron chi connectivity index (χ3n) is 6.98. The summed E-state index contributed by atoms with van der Waals surface area (Å²) in [5, 5.41) is 14.0. The van der Waals surface area contributed by atoms with Crippen LogP contribution in [0.25, 0.3) is 16.6 Å². The number of benzene rings is 3. The second-order valence-corrected chi connectivity index (χ2v) is 10.3. The Kier molecular flexibility index (Phi) is 6.81. The average molecular weight is 524 g/mol. The highest BCUT2D eigenvalue weighted by molar-refractivity contribution is 7.12. The van der Waals surface area contributed by atoms with Gasteiger partial charge in [0.2, 0.25) is 0 Å². The van der Waals surface area contributed by atoms with Gasteiger partial charge in [-0.05, 0) is 91.0 Å². The molecule has 1 aliphatic heterocycles. The Balaban J connectivity index is 1.12. The number of carbonyl (C=O) groups is 1. The van der Waals surface area contributed by atoms with E-state index in [9.17, 15) is 4.79 Å². The minimum atomic E-state index is -0.0985. The topological polar surface area (TPSA) is 71.4 Å². The maximum Gasteiger partial charge on any atom is 0.265 e. The van der Waals surface area contributed by atoms with Crippen molar-refractivity contribution in [1.29, 1.82) is 0 Å². The van der Waals surface area contributed by atoms with Crippen LogP contribution in [0.1, 0.15) is 22.5 Å². The van der Waals surface area contributed by atoms with Crippen LogP contribution in [0.15, 0.2) is 90.4 Å². The fraction of sp³-hybridized carbons (Fsp3) is 0.200. The normalized spacial score (nSPS) is 14.1. The van der Waals surface area contributed by atoms with E-state index < -0.39 is 0 Å². The van der Waals surface area contributed by atoms with E-state index >= 15 is 0 Å². The lowest BCUT2D eigenvalue weighted by Crippen LogP contribution is -2.36. The summed E-state index contributed by atoms with van der Waals surface area (Å²) in [5.74, 6) is -0.0985. The van der Waals surface area contributed by atoms with E-state index in [-0.39, 0.29) is 5.91 Å². The van der Waals surface area contributed by atoms with Crippen molar-refractivity contribution >= 4 is 50.9 Å². The van der Waals surface area contributed by atoms with Gasteiger partial charge in [-0.2, -0.15) is 5.10 Å². The Bertz CT molecular complexity index is 1520. The molecular formula is C30H29N5O2S. The summed E-state index contributed by atoms with van der Waals surface area (Å²) in [7, 11) is 1.80. The lowest BCUT2D eigenvalue weighted by Gasteiger charge is -2.33. The first-order valence-electron chi connectivity index (χ1n) is 12.7. The number of carbonyl (C=O) groups excluding carboxylic acids is 1. The SMILES string of the molecule is COC1CCN(c2ccc(Nc3ccc4c(cnn4-c4ccc(NC(=O)c5cccs5)cc4)c3)cc2)CC1. The van der Waals surface area contributed by atoms with Gasteiger partial charge in [0.1, 0.15) is 0 Å². The van der Waals surface area contributed by atoms with Gasteiger partial charge in [0, 0.05) is 48.3 Å². The van der Waals surface area contributed by atoms with Gasteiger partial charge in [-0.1, -0.05) is 6.07 Å². The zero-order chi connectivity index (χ0) is 25.9. The number of methoxy groups -OCH3 is 1. The van der Waals surface area contributed by atoms with Gasteiger partial charge in [-0.3, -0.25) is 4.79 Å². The Labute approximate surface area is 225 Å². The molecule has 5 aromatic rings. The van der Waals surface area contributed by atoms with Crippen molar-refractivity contribution in [1.82, 2.24) is 9.78 Å². The number of thiophene rings is 1. The van der Waals surface area contributed by atoms with Crippen LogP contribution in [0.2, 0.25) is 0 Å². The molecule has 1 saturated heterocycles. The van der Waals surface area contributed by atoms with E-state index in [0.29, 0.717) is 11.0 Å². The predicted molar refractivity (Wildman–Crippen MR) is 155 cm³/mol. The molecule has 2 N–H and O–H groups in total. The van der Waals surface area contributed by atoms with Crippen molar-refractivity contribution in [3.63, 3.8) is 0 Å². The molecule has 1 amide bonds. The van der Waals surface area contributed by atoms with Gasteiger partial charge in [-0.15, -0.1) is 11.3 Å². The first-order valence-corrected chi connectivity index (χ1v) is 13.6. The largest absolute Gasteiger partial charge is 0.381 e. The van der Waals surface area contributed by atoms with E-state index in [1.54, 1.807) is 7.11 Å². The molecule has 0 unspecified atom stereocenters. The van der Waals surface area contributed by atoms with E-state index in [1.807, 2.05) is 52.7 Å². The highest BCUT2D eigenvalue weighted by Gasteiger charge is 2.18. The molecular weight excluding hydrogens is 494 g/mol. The number of nitrogens with one attached hydrogen (secondary N) is 2.